The standard InChI is InChI=1S/C54H85NO15S2/c1-3-5-7-9-11-13-15-17-19-21-23-25-33-39-46(66-52(57)43-35-29-27-30-36-43)45(55-48(56)40-34-26-24-22-20-18-16-14-12-10-8-6-4-2)41-64-54-51(70-72(61,62)63)50(69-71(58,59)60)49-47(67-54)42-65-53(68-49)44-37-31-28-32-38-44/h27-33,35-39,45-47,49-51,53-54H,3-26,34,40-42H2,1-2H3,(H,55,56)(H,58,59,60)(H,61,62,63)/b39-33+/t45-,46+,47+,49-,50-,51+,53-,54+/m0/s1. The van der Waals surface area contributed by atoms with Gasteiger partial charge in [-0.05, 0) is 37.5 Å². The fourth-order valence-electron chi connectivity index (χ4n) is 9.13. The van der Waals surface area contributed by atoms with Crippen molar-refractivity contribution in [1.82, 2.24) is 5.32 Å². The van der Waals surface area contributed by atoms with Crippen LogP contribution in [-0.4, -0.2) is 93.9 Å². The van der Waals surface area contributed by atoms with Crippen LogP contribution in [-0.2, 0) is 57.6 Å². The number of rotatable bonds is 39. The Morgan fingerprint density at radius 3 is 1.67 bits per heavy atom. The maximum atomic E-state index is 13.8. The molecule has 0 unspecified atom stereocenters. The number of fused-ring (bicyclic) bond motifs is 1. The van der Waals surface area contributed by atoms with Crippen molar-refractivity contribution in [2.45, 2.75) is 230 Å². The lowest BCUT2D eigenvalue weighted by Crippen LogP contribution is -2.64. The van der Waals surface area contributed by atoms with Crippen LogP contribution in [0, 0.1) is 0 Å². The van der Waals surface area contributed by atoms with E-state index in [1.54, 1.807) is 66.7 Å². The number of amides is 1. The topological polar surface area (TPSA) is 220 Å². The number of esters is 1. The second-order valence-electron chi connectivity index (χ2n) is 19.2. The van der Waals surface area contributed by atoms with Gasteiger partial charge in [-0.2, -0.15) is 16.8 Å². The molecule has 0 aliphatic carbocycles. The second kappa shape index (κ2) is 35.0. The first-order chi connectivity index (χ1) is 34.8. The molecule has 0 aromatic heterocycles. The van der Waals surface area contributed by atoms with Crippen molar-refractivity contribution in [1.29, 1.82) is 0 Å². The average molecular weight is 1050 g/mol. The van der Waals surface area contributed by atoms with Gasteiger partial charge in [-0.3, -0.25) is 13.9 Å². The lowest BCUT2D eigenvalue weighted by atomic mass is 9.98. The third-order valence-corrected chi connectivity index (χ3v) is 14.0. The summed E-state index contributed by atoms with van der Waals surface area (Å²) in [6.45, 7) is 3.69. The number of unbranched alkanes of at least 4 members (excludes halogenated alkanes) is 23. The summed E-state index contributed by atoms with van der Waals surface area (Å²) in [4.78, 5) is 27.5. The zero-order chi connectivity index (χ0) is 51.9. The zero-order valence-corrected chi connectivity index (χ0v) is 44.5. The van der Waals surface area contributed by atoms with Crippen molar-refractivity contribution in [2.75, 3.05) is 13.2 Å². The normalized spacial score (nSPS) is 21.3. The molecule has 0 radical (unpaired) electrons. The molecule has 18 heteroatoms. The number of ether oxygens (including phenoxy) is 5. The summed E-state index contributed by atoms with van der Waals surface area (Å²) in [7, 11) is -10.7. The summed E-state index contributed by atoms with van der Waals surface area (Å²) in [5.74, 6) is -1.03. The highest BCUT2D eigenvalue weighted by molar-refractivity contribution is 7.81. The van der Waals surface area contributed by atoms with Gasteiger partial charge in [0.1, 0.15) is 24.4 Å². The highest BCUT2D eigenvalue weighted by Crippen LogP contribution is 2.38. The predicted molar refractivity (Wildman–Crippen MR) is 276 cm³/mol. The molecule has 2 aliphatic rings. The van der Waals surface area contributed by atoms with E-state index >= 15 is 0 Å². The minimum absolute atomic E-state index is 0.162. The maximum absolute atomic E-state index is 13.8. The third-order valence-electron chi connectivity index (χ3n) is 13.1. The minimum Gasteiger partial charge on any atom is -0.452 e. The molecule has 0 spiro atoms. The van der Waals surface area contributed by atoms with Gasteiger partial charge in [-0.15, -0.1) is 0 Å². The number of benzene rings is 2. The Balaban J connectivity index is 1.50. The summed E-state index contributed by atoms with van der Waals surface area (Å²) in [6, 6.07) is 15.8. The van der Waals surface area contributed by atoms with E-state index in [4.69, 9.17) is 32.1 Å². The molecule has 4 rings (SSSR count). The van der Waals surface area contributed by atoms with Crippen LogP contribution in [0.2, 0.25) is 0 Å². The van der Waals surface area contributed by atoms with Gasteiger partial charge in [-0.1, -0.05) is 210 Å². The fourth-order valence-corrected chi connectivity index (χ4v) is 10.1. The smallest absolute Gasteiger partial charge is 0.397 e. The highest BCUT2D eigenvalue weighted by atomic mass is 32.3. The first-order valence-corrected chi connectivity index (χ1v) is 29.6. The third kappa shape index (κ3) is 25.3. The molecule has 72 heavy (non-hydrogen) atoms. The molecule has 2 aromatic carbocycles. The molecular weight excluding hydrogens is 967 g/mol. The van der Waals surface area contributed by atoms with Crippen molar-refractivity contribution < 1.29 is 67.6 Å². The SMILES string of the molecule is CCCCCCCCCCCCC/C=C/[C@@H](OC(=O)c1ccccc1)[C@H](CO[C@@H]1O[C@@H]2CO[C@H](c3ccccc3)O[C@@H]2[C@H](OS(=O)(=O)O)[C@H]1OS(=O)(=O)O)NC(=O)CCCCCCCCCCCCCCC. The summed E-state index contributed by atoms with van der Waals surface area (Å²) in [5, 5.41) is 2.97. The molecule has 2 heterocycles. The van der Waals surface area contributed by atoms with Crippen molar-refractivity contribution in [3.8, 4) is 0 Å². The molecule has 408 valence electrons. The van der Waals surface area contributed by atoms with Gasteiger partial charge in [0.25, 0.3) is 0 Å². The van der Waals surface area contributed by atoms with Crippen LogP contribution in [0.25, 0.3) is 0 Å². The molecule has 2 aromatic rings. The molecule has 0 saturated carbocycles. The quantitative estimate of drug-likeness (QED) is 0.0245. The Morgan fingerprint density at radius 1 is 0.653 bits per heavy atom. The van der Waals surface area contributed by atoms with Crippen LogP contribution in [0.4, 0.5) is 0 Å². The van der Waals surface area contributed by atoms with E-state index < -0.39 is 82.5 Å². The number of allylic oxidation sites excluding steroid dienone is 1. The van der Waals surface area contributed by atoms with Gasteiger partial charge < -0.3 is 29.0 Å². The molecule has 16 nitrogen and oxygen atoms in total. The zero-order valence-electron chi connectivity index (χ0n) is 42.9. The van der Waals surface area contributed by atoms with Gasteiger partial charge in [0, 0.05) is 12.0 Å². The van der Waals surface area contributed by atoms with Crippen LogP contribution < -0.4 is 5.32 Å². The van der Waals surface area contributed by atoms with Crippen LogP contribution in [0.1, 0.15) is 203 Å². The molecule has 8 atom stereocenters. The van der Waals surface area contributed by atoms with E-state index in [1.165, 1.54) is 96.3 Å². The number of nitrogens with one attached hydrogen (secondary N) is 1. The van der Waals surface area contributed by atoms with Crippen LogP contribution >= 0.6 is 0 Å². The molecule has 0 bridgehead atoms. The van der Waals surface area contributed by atoms with Gasteiger partial charge in [0.2, 0.25) is 5.91 Å². The van der Waals surface area contributed by atoms with Crippen molar-refractivity contribution in [2.24, 2.45) is 0 Å². The predicted octanol–water partition coefficient (Wildman–Crippen LogP) is 11.7. The molecular formula is C54H85NO15S2. The Labute approximate surface area is 430 Å². The number of carbonyl (C=O) groups is 2. The van der Waals surface area contributed by atoms with Gasteiger partial charge in [0.15, 0.2) is 18.7 Å². The summed E-state index contributed by atoms with van der Waals surface area (Å²) >= 11 is 0. The number of hydrogen-bond donors (Lipinski definition) is 3. The minimum atomic E-state index is -5.38. The van der Waals surface area contributed by atoms with Crippen LogP contribution in [0.3, 0.4) is 0 Å². The average Bonchev–Trinajstić information content (AvgIpc) is 3.35. The lowest BCUT2D eigenvalue weighted by Gasteiger charge is -2.47. The van der Waals surface area contributed by atoms with E-state index in [1.807, 2.05) is 6.08 Å². The summed E-state index contributed by atoms with van der Waals surface area (Å²) in [5.41, 5.74) is 0.788. The summed E-state index contributed by atoms with van der Waals surface area (Å²) in [6.07, 6.45) is 21.4. The van der Waals surface area contributed by atoms with Gasteiger partial charge >= 0.3 is 26.8 Å². The van der Waals surface area contributed by atoms with Crippen LogP contribution in [0.15, 0.2) is 72.8 Å². The summed E-state index contributed by atoms with van der Waals surface area (Å²) < 4.78 is 110. The Hall–Kier alpha value is -3.30. The monoisotopic (exact) mass is 1050 g/mol. The van der Waals surface area contributed by atoms with Crippen LogP contribution in [0.5, 0.6) is 0 Å². The van der Waals surface area contributed by atoms with E-state index in [-0.39, 0.29) is 24.5 Å². The first kappa shape index (κ1) is 61.2. The fraction of sp³-hybridized carbons (Fsp3) is 0.704. The Kier molecular flexibility index (Phi) is 29.8. The lowest BCUT2D eigenvalue weighted by molar-refractivity contribution is -0.355. The van der Waals surface area contributed by atoms with Crippen molar-refractivity contribution in [3.63, 3.8) is 0 Å². The first-order valence-electron chi connectivity index (χ1n) is 26.9. The molecule has 2 saturated heterocycles. The van der Waals surface area contributed by atoms with Gasteiger partial charge in [-0.25, -0.2) is 13.2 Å². The van der Waals surface area contributed by atoms with Crippen molar-refractivity contribution >= 4 is 32.7 Å². The van der Waals surface area contributed by atoms with E-state index in [2.05, 4.69) is 19.2 Å². The largest absolute Gasteiger partial charge is 0.452 e. The van der Waals surface area contributed by atoms with E-state index in [0.717, 1.165) is 51.4 Å². The molecule has 3 N–H and O–H groups in total. The van der Waals surface area contributed by atoms with E-state index in [9.17, 15) is 35.5 Å². The molecule has 2 aliphatic heterocycles. The highest BCUT2D eigenvalue weighted by Gasteiger charge is 2.55. The van der Waals surface area contributed by atoms with Crippen molar-refractivity contribution in [3.05, 3.63) is 83.9 Å². The Bertz CT molecular complexity index is 2030. The molecule has 1 amide bonds. The Morgan fingerprint density at radius 2 is 1.14 bits per heavy atom. The maximum Gasteiger partial charge on any atom is 0.397 e. The second-order valence-corrected chi connectivity index (χ2v) is 21.3. The number of hydrogen-bond acceptors (Lipinski definition) is 13. The van der Waals surface area contributed by atoms with E-state index in [0.29, 0.717) is 18.4 Å². The number of carbonyl (C=O) groups excluding carboxylic acids is 2. The molecule has 2 fully saturated rings. The van der Waals surface area contributed by atoms with Gasteiger partial charge in [0.05, 0.1) is 24.8 Å².